The molecule has 0 bridgehead atoms. The van der Waals surface area contributed by atoms with Gasteiger partial charge in [0.25, 0.3) is 0 Å². The van der Waals surface area contributed by atoms with Crippen molar-refractivity contribution < 1.29 is 4.79 Å². The fourth-order valence-corrected chi connectivity index (χ4v) is 3.56. The maximum atomic E-state index is 12.7. The number of hydrogen-bond acceptors (Lipinski definition) is 4. The number of nitrogens with one attached hydrogen (secondary N) is 1. The Morgan fingerprint density at radius 2 is 2.18 bits per heavy atom. The van der Waals surface area contributed by atoms with Gasteiger partial charge in [-0.1, -0.05) is 12.1 Å². The van der Waals surface area contributed by atoms with E-state index in [0.29, 0.717) is 6.54 Å². The van der Waals surface area contributed by atoms with Gasteiger partial charge in [-0.3, -0.25) is 14.8 Å². The highest BCUT2D eigenvalue weighted by Gasteiger charge is 2.31. The van der Waals surface area contributed by atoms with Gasteiger partial charge in [-0.15, -0.1) is 11.8 Å². The summed E-state index contributed by atoms with van der Waals surface area (Å²) in [5.74, 6) is 0.153. The number of thioether (sulfide) groups is 1. The molecule has 2 heterocycles. The number of amides is 1. The Labute approximate surface area is 134 Å². The lowest BCUT2D eigenvalue weighted by molar-refractivity contribution is -0.122. The number of nitrogens with zero attached hydrogens (tertiary/aromatic N) is 3. The lowest BCUT2D eigenvalue weighted by Gasteiger charge is -2.40. The Morgan fingerprint density at radius 1 is 1.36 bits per heavy atom. The van der Waals surface area contributed by atoms with Gasteiger partial charge in [0, 0.05) is 35.9 Å². The van der Waals surface area contributed by atoms with Crippen molar-refractivity contribution in [3.8, 4) is 0 Å². The topological polar surface area (TPSA) is 52.2 Å². The molecule has 1 atom stereocenters. The molecule has 0 aliphatic carbocycles. The zero-order valence-corrected chi connectivity index (χ0v) is 13.6. The van der Waals surface area contributed by atoms with Crippen LogP contribution in [0.3, 0.4) is 0 Å². The maximum absolute atomic E-state index is 12.7. The highest BCUT2D eigenvalue weighted by molar-refractivity contribution is 7.98. The number of anilines is 1. The average Bonchev–Trinajstić information content (AvgIpc) is 3.00. The normalized spacial score (nSPS) is 19.6. The van der Waals surface area contributed by atoms with Gasteiger partial charge in [0.2, 0.25) is 5.91 Å². The van der Waals surface area contributed by atoms with Crippen LogP contribution in [0.5, 0.6) is 0 Å². The Bertz CT molecular complexity index is 643. The minimum Gasteiger partial charge on any atom is -0.306 e. The summed E-state index contributed by atoms with van der Waals surface area (Å²) >= 11 is 1.68. The number of carbonyl (C=O) groups excluding carboxylic acids is 1. The van der Waals surface area contributed by atoms with Crippen LogP contribution >= 0.6 is 11.8 Å². The summed E-state index contributed by atoms with van der Waals surface area (Å²) in [7, 11) is 0. The van der Waals surface area contributed by atoms with E-state index in [2.05, 4.69) is 28.1 Å². The number of aromatic amines is 1. The Kier molecular flexibility index (Phi) is 4.49. The van der Waals surface area contributed by atoms with E-state index in [-0.39, 0.29) is 11.9 Å². The molecule has 0 saturated carbocycles. The molecule has 1 N–H and O–H groups in total. The van der Waals surface area contributed by atoms with Gasteiger partial charge in [-0.2, -0.15) is 5.10 Å². The van der Waals surface area contributed by atoms with Crippen molar-refractivity contribution in [3.05, 3.63) is 42.2 Å². The highest BCUT2D eigenvalue weighted by Crippen LogP contribution is 2.31. The molecule has 1 aromatic heterocycles. The fourth-order valence-electron chi connectivity index (χ4n) is 2.97. The molecule has 6 heteroatoms. The zero-order valence-electron chi connectivity index (χ0n) is 12.8. The number of H-pyrrole nitrogens is 1. The largest absolute Gasteiger partial charge is 0.306 e. The Hall–Kier alpha value is -1.79. The van der Waals surface area contributed by atoms with Gasteiger partial charge in [-0.25, -0.2) is 0 Å². The maximum Gasteiger partial charge on any atom is 0.241 e. The molecule has 1 aromatic carbocycles. The molecule has 1 saturated heterocycles. The quantitative estimate of drug-likeness (QED) is 0.880. The second-order valence-electron chi connectivity index (χ2n) is 5.54. The number of rotatable bonds is 4. The molecule has 0 radical (unpaired) electrons. The molecule has 0 spiro atoms. The van der Waals surface area contributed by atoms with Crippen molar-refractivity contribution in [3.63, 3.8) is 0 Å². The van der Waals surface area contributed by atoms with Crippen molar-refractivity contribution in [2.75, 3.05) is 24.2 Å². The van der Waals surface area contributed by atoms with Gasteiger partial charge < -0.3 is 4.90 Å². The predicted octanol–water partition coefficient (Wildman–Crippen LogP) is 2.37. The number of benzene rings is 1. The van der Waals surface area contributed by atoms with Crippen molar-refractivity contribution >= 4 is 23.4 Å². The van der Waals surface area contributed by atoms with Crippen molar-refractivity contribution in [2.24, 2.45) is 0 Å². The minimum absolute atomic E-state index is 0.150. The van der Waals surface area contributed by atoms with E-state index in [1.165, 1.54) is 0 Å². The molecule has 3 rings (SSSR count). The van der Waals surface area contributed by atoms with Gasteiger partial charge in [0.1, 0.15) is 0 Å². The van der Waals surface area contributed by atoms with Crippen LogP contribution in [0.15, 0.2) is 41.4 Å². The lowest BCUT2D eigenvalue weighted by Crippen LogP contribution is -2.55. The van der Waals surface area contributed by atoms with Crippen molar-refractivity contribution in [1.82, 2.24) is 15.1 Å². The highest BCUT2D eigenvalue weighted by atomic mass is 32.2. The van der Waals surface area contributed by atoms with Gasteiger partial charge in [-0.05, 0) is 31.4 Å². The molecule has 22 heavy (non-hydrogen) atoms. The lowest BCUT2D eigenvalue weighted by atomic mass is 10.1. The first kappa shape index (κ1) is 15.1. The van der Waals surface area contributed by atoms with E-state index < -0.39 is 0 Å². The molecule has 1 aliphatic heterocycles. The third kappa shape index (κ3) is 3.03. The molecule has 5 nitrogen and oxygen atoms in total. The van der Waals surface area contributed by atoms with E-state index in [4.69, 9.17) is 0 Å². The first-order chi connectivity index (χ1) is 10.7. The van der Waals surface area contributed by atoms with E-state index in [9.17, 15) is 4.79 Å². The number of carbonyl (C=O) groups is 1. The number of hydrogen-bond donors (Lipinski definition) is 1. The van der Waals surface area contributed by atoms with Crippen LogP contribution in [0.25, 0.3) is 0 Å². The summed E-state index contributed by atoms with van der Waals surface area (Å²) in [6.07, 6.45) is 3.79. The molecule has 1 fully saturated rings. The minimum atomic E-state index is 0.150. The second kappa shape index (κ2) is 6.54. The van der Waals surface area contributed by atoms with Crippen LogP contribution in [-0.4, -0.2) is 46.4 Å². The van der Waals surface area contributed by atoms with Crippen LogP contribution in [0.1, 0.15) is 12.6 Å². The molecule has 2 aromatic rings. The Balaban J connectivity index is 1.77. The van der Waals surface area contributed by atoms with Gasteiger partial charge >= 0.3 is 0 Å². The molecular weight excluding hydrogens is 296 g/mol. The summed E-state index contributed by atoms with van der Waals surface area (Å²) in [6, 6.07) is 10.2. The van der Waals surface area contributed by atoms with Crippen LogP contribution in [-0.2, 0) is 11.3 Å². The van der Waals surface area contributed by atoms with Gasteiger partial charge in [0.15, 0.2) is 0 Å². The molecule has 0 unspecified atom stereocenters. The second-order valence-corrected chi connectivity index (χ2v) is 6.38. The monoisotopic (exact) mass is 316 g/mol. The summed E-state index contributed by atoms with van der Waals surface area (Å²) in [4.78, 5) is 17.9. The van der Waals surface area contributed by atoms with Crippen LogP contribution in [0.4, 0.5) is 5.69 Å². The third-order valence-corrected chi connectivity index (χ3v) is 4.67. The summed E-state index contributed by atoms with van der Waals surface area (Å²) in [5.41, 5.74) is 2.06. The fraction of sp³-hybridized carbons (Fsp3) is 0.375. The number of piperazine rings is 1. The first-order valence-electron chi connectivity index (χ1n) is 7.34. The Morgan fingerprint density at radius 3 is 2.86 bits per heavy atom. The average molecular weight is 316 g/mol. The third-order valence-electron chi connectivity index (χ3n) is 3.89. The molecule has 116 valence electrons. The smallest absolute Gasteiger partial charge is 0.241 e. The van der Waals surface area contributed by atoms with E-state index in [1.54, 1.807) is 18.0 Å². The van der Waals surface area contributed by atoms with E-state index in [1.807, 2.05) is 35.4 Å². The van der Waals surface area contributed by atoms with Crippen LogP contribution in [0, 0.1) is 0 Å². The van der Waals surface area contributed by atoms with Crippen LogP contribution < -0.4 is 4.90 Å². The van der Waals surface area contributed by atoms with E-state index in [0.717, 1.165) is 29.4 Å². The molecule has 1 amide bonds. The van der Waals surface area contributed by atoms with Crippen molar-refractivity contribution in [2.45, 2.75) is 24.4 Å². The molecular formula is C16H20N4OS. The summed E-state index contributed by atoms with van der Waals surface area (Å²) < 4.78 is 0. The first-order valence-corrected chi connectivity index (χ1v) is 8.57. The van der Waals surface area contributed by atoms with Crippen molar-refractivity contribution in [1.29, 1.82) is 0 Å². The summed E-state index contributed by atoms with van der Waals surface area (Å²) in [6.45, 7) is 4.13. The SMILES string of the molecule is CSc1ccccc1N1C(=O)CN(Cc2ccn[nH]2)C[C@H]1C. The molecule has 1 aliphatic rings. The number of para-hydroxylation sites is 1. The summed E-state index contributed by atoms with van der Waals surface area (Å²) in [5, 5.41) is 6.92. The van der Waals surface area contributed by atoms with Crippen LogP contribution in [0.2, 0.25) is 0 Å². The predicted molar refractivity (Wildman–Crippen MR) is 89.0 cm³/mol. The van der Waals surface area contributed by atoms with Gasteiger partial charge in [0.05, 0.1) is 12.2 Å². The number of aromatic nitrogens is 2. The van der Waals surface area contributed by atoms with E-state index >= 15 is 0 Å². The zero-order chi connectivity index (χ0) is 15.5. The standard InChI is InChI=1S/C16H20N4OS/c1-12-9-19(10-13-7-8-17-18-13)11-16(21)20(12)14-5-3-4-6-15(14)22-2/h3-8,12H,9-11H2,1-2H3,(H,17,18)/t12-/m1/s1.